The molecule has 1 amide bonds. The van der Waals surface area contributed by atoms with Crippen molar-refractivity contribution in [2.75, 3.05) is 17.2 Å². The highest BCUT2D eigenvalue weighted by molar-refractivity contribution is 7.89. The number of nitrogens with zero attached hydrogens (tertiary/aromatic N) is 3. The Morgan fingerprint density at radius 2 is 1.97 bits per heavy atom. The first-order chi connectivity index (χ1) is 14.8. The maximum absolute atomic E-state index is 11.3. The molecule has 0 aliphatic carbocycles. The Kier molecular flexibility index (Phi) is 5.72. The average molecular weight is 457 g/mol. The van der Waals surface area contributed by atoms with Crippen LogP contribution in [0.3, 0.4) is 0 Å². The fourth-order valence-electron chi connectivity index (χ4n) is 3.03. The van der Waals surface area contributed by atoms with Crippen molar-refractivity contribution in [1.29, 1.82) is 0 Å². The van der Waals surface area contributed by atoms with Crippen molar-refractivity contribution >= 4 is 43.0 Å². The van der Waals surface area contributed by atoms with Crippen LogP contribution in [0.4, 0.5) is 10.8 Å². The summed E-state index contributed by atoms with van der Waals surface area (Å²) >= 11 is 1.43. The second-order valence-corrected chi connectivity index (χ2v) is 9.41. The van der Waals surface area contributed by atoms with E-state index in [2.05, 4.69) is 20.7 Å². The van der Waals surface area contributed by atoms with Crippen molar-refractivity contribution in [2.45, 2.75) is 18.2 Å². The van der Waals surface area contributed by atoms with Crippen LogP contribution in [0, 0.1) is 0 Å². The molecule has 11 heteroatoms. The molecule has 0 saturated carbocycles. The summed E-state index contributed by atoms with van der Waals surface area (Å²) < 4.78 is 24.3. The van der Waals surface area contributed by atoms with E-state index in [9.17, 15) is 13.2 Å². The first-order valence-electron chi connectivity index (χ1n) is 9.38. The summed E-state index contributed by atoms with van der Waals surface area (Å²) in [6, 6.07) is 14.0. The van der Waals surface area contributed by atoms with Crippen LogP contribution in [0.15, 0.2) is 59.6 Å². The molecule has 4 aromatic rings. The largest absolute Gasteiger partial charge is 0.360 e. The van der Waals surface area contributed by atoms with E-state index in [0.29, 0.717) is 18.7 Å². The first kappa shape index (κ1) is 21.0. The van der Waals surface area contributed by atoms with Gasteiger partial charge in [0, 0.05) is 24.7 Å². The van der Waals surface area contributed by atoms with E-state index < -0.39 is 10.0 Å². The van der Waals surface area contributed by atoms with E-state index in [-0.39, 0.29) is 10.8 Å². The van der Waals surface area contributed by atoms with Gasteiger partial charge in [-0.3, -0.25) is 4.79 Å². The quantitative estimate of drug-likeness (QED) is 0.392. The maximum Gasteiger partial charge on any atom is 0.238 e. The topological polar surface area (TPSA) is 131 Å². The van der Waals surface area contributed by atoms with Gasteiger partial charge in [0.1, 0.15) is 0 Å². The zero-order chi connectivity index (χ0) is 22.0. The molecule has 31 heavy (non-hydrogen) atoms. The van der Waals surface area contributed by atoms with Gasteiger partial charge in [0.25, 0.3) is 0 Å². The Hall–Kier alpha value is -3.28. The number of nitrogens with two attached hydrogens (primary N) is 1. The second-order valence-electron chi connectivity index (χ2n) is 6.89. The van der Waals surface area contributed by atoms with Crippen LogP contribution in [0.25, 0.3) is 16.2 Å². The van der Waals surface area contributed by atoms with Crippen LogP contribution in [-0.4, -0.2) is 35.5 Å². The van der Waals surface area contributed by atoms with Crippen molar-refractivity contribution in [2.24, 2.45) is 5.14 Å². The minimum atomic E-state index is -3.68. The summed E-state index contributed by atoms with van der Waals surface area (Å²) in [5, 5.41) is 16.4. The van der Waals surface area contributed by atoms with Gasteiger partial charge in [-0.2, -0.15) is 0 Å². The summed E-state index contributed by atoms with van der Waals surface area (Å²) in [6.45, 7) is 2.11. The van der Waals surface area contributed by atoms with Crippen molar-refractivity contribution in [1.82, 2.24) is 14.6 Å². The summed E-state index contributed by atoms with van der Waals surface area (Å²) in [4.78, 5) is 16.7. The lowest BCUT2D eigenvalue weighted by Gasteiger charge is -2.04. The zero-order valence-electron chi connectivity index (χ0n) is 16.6. The second kappa shape index (κ2) is 8.46. The number of anilines is 2. The molecule has 0 fully saturated rings. The van der Waals surface area contributed by atoms with Gasteiger partial charge in [0.2, 0.25) is 26.0 Å². The van der Waals surface area contributed by atoms with E-state index in [1.807, 2.05) is 30.5 Å². The molecule has 4 N–H and O–H groups in total. The molecule has 2 aromatic carbocycles. The van der Waals surface area contributed by atoms with Gasteiger partial charge in [0.05, 0.1) is 16.8 Å². The summed E-state index contributed by atoms with van der Waals surface area (Å²) in [7, 11) is -3.68. The Balaban J connectivity index is 1.40. The Morgan fingerprint density at radius 3 is 2.65 bits per heavy atom. The number of rotatable bonds is 7. The highest BCUT2D eigenvalue weighted by atomic mass is 32.2. The fraction of sp³-hybridized carbons (Fsp3) is 0.150. The molecule has 0 saturated heterocycles. The molecule has 4 rings (SSSR count). The summed E-state index contributed by atoms with van der Waals surface area (Å²) in [5.41, 5.74) is 3.37. The fourth-order valence-corrected chi connectivity index (χ4v) is 4.35. The molecule has 9 nitrogen and oxygen atoms in total. The van der Waals surface area contributed by atoms with Gasteiger partial charge in [-0.1, -0.05) is 35.6 Å². The lowest BCUT2D eigenvalue weighted by atomic mass is 10.1. The monoisotopic (exact) mass is 456 g/mol. The van der Waals surface area contributed by atoms with Gasteiger partial charge in [-0.25, -0.2) is 23.1 Å². The third-order valence-corrected chi connectivity index (χ3v) is 6.27. The highest BCUT2D eigenvalue weighted by Gasteiger charge is 2.11. The predicted molar refractivity (Wildman–Crippen MR) is 121 cm³/mol. The maximum atomic E-state index is 11.3. The molecule has 0 unspecified atom stereocenters. The molecule has 0 spiro atoms. The first-order valence-corrected chi connectivity index (χ1v) is 11.7. The van der Waals surface area contributed by atoms with Crippen LogP contribution in [-0.2, 0) is 21.2 Å². The number of nitrogens with one attached hydrogen (secondary N) is 2. The normalized spacial score (nSPS) is 11.5. The lowest BCUT2D eigenvalue weighted by molar-refractivity contribution is -0.114. The molecule has 160 valence electrons. The molecular formula is C20H20N6O3S2. The van der Waals surface area contributed by atoms with Crippen LogP contribution >= 0.6 is 11.3 Å². The predicted octanol–water partition coefficient (Wildman–Crippen LogP) is 2.72. The number of sulfonamides is 1. The van der Waals surface area contributed by atoms with Crippen LogP contribution in [0.2, 0.25) is 0 Å². The van der Waals surface area contributed by atoms with E-state index in [0.717, 1.165) is 26.9 Å². The summed E-state index contributed by atoms with van der Waals surface area (Å²) in [6.07, 6.45) is 2.55. The molecule has 2 heterocycles. The molecule has 0 aliphatic rings. The van der Waals surface area contributed by atoms with Crippen molar-refractivity contribution < 1.29 is 13.2 Å². The standard InChI is InChI=1S/C20H20N6O3S2/c1-13(27)23-16-4-2-3-15(11-16)18-12-26-20(24-18)30-19(25-26)22-10-9-14-5-7-17(8-6-14)31(21,28)29/h2-8,11-12H,9-10H2,1H3,(H,22,25)(H,23,27)(H2,21,28,29). The van der Waals surface area contributed by atoms with Gasteiger partial charge < -0.3 is 10.6 Å². The van der Waals surface area contributed by atoms with Crippen molar-refractivity contribution in [3.8, 4) is 11.3 Å². The number of primary sulfonamides is 1. The SMILES string of the molecule is CC(=O)Nc1cccc(-c2cn3nc(NCCc4ccc(S(N)(=O)=O)cc4)sc3n2)c1. The number of aromatic nitrogens is 3. The van der Waals surface area contributed by atoms with Crippen LogP contribution in [0.5, 0.6) is 0 Å². The number of carbonyl (C=O) groups is 1. The number of amides is 1. The Morgan fingerprint density at radius 1 is 1.19 bits per heavy atom. The van der Waals surface area contributed by atoms with Crippen LogP contribution in [0.1, 0.15) is 12.5 Å². The molecule has 0 radical (unpaired) electrons. The lowest BCUT2D eigenvalue weighted by Crippen LogP contribution is -2.12. The smallest absolute Gasteiger partial charge is 0.238 e. The van der Waals surface area contributed by atoms with E-state index in [1.165, 1.54) is 30.4 Å². The zero-order valence-corrected chi connectivity index (χ0v) is 18.2. The molecule has 0 aliphatic heterocycles. The Bertz CT molecular complexity index is 1310. The number of hydrogen-bond acceptors (Lipinski definition) is 7. The molecular weight excluding hydrogens is 436 g/mol. The van der Waals surface area contributed by atoms with Gasteiger partial charge in [-0.05, 0) is 36.2 Å². The van der Waals surface area contributed by atoms with Gasteiger partial charge in [0.15, 0.2) is 0 Å². The number of hydrogen-bond donors (Lipinski definition) is 3. The van der Waals surface area contributed by atoms with E-state index in [4.69, 9.17) is 5.14 Å². The summed E-state index contributed by atoms with van der Waals surface area (Å²) in [5.74, 6) is -0.124. The van der Waals surface area contributed by atoms with Gasteiger partial charge in [-0.15, -0.1) is 5.10 Å². The highest BCUT2D eigenvalue weighted by Crippen LogP contribution is 2.26. The molecule has 0 atom stereocenters. The van der Waals surface area contributed by atoms with E-state index in [1.54, 1.807) is 16.6 Å². The third kappa shape index (κ3) is 5.08. The number of benzene rings is 2. The number of carbonyl (C=O) groups excluding carboxylic acids is 1. The molecule has 0 bridgehead atoms. The van der Waals surface area contributed by atoms with Crippen molar-refractivity contribution in [3.63, 3.8) is 0 Å². The average Bonchev–Trinajstić information content (AvgIpc) is 3.26. The van der Waals surface area contributed by atoms with Crippen molar-refractivity contribution in [3.05, 3.63) is 60.3 Å². The minimum Gasteiger partial charge on any atom is -0.360 e. The third-order valence-electron chi connectivity index (χ3n) is 4.46. The van der Waals surface area contributed by atoms with Gasteiger partial charge >= 0.3 is 0 Å². The van der Waals surface area contributed by atoms with E-state index >= 15 is 0 Å². The Labute approximate surface area is 183 Å². The molecule has 2 aromatic heterocycles. The number of fused-ring (bicyclic) bond motifs is 1. The minimum absolute atomic E-state index is 0.101. The number of imidazole rings is 1. The van der Waals surface area contributed by atoms with Crippen LogP contribution < -0.4 is 15.8 Å².